The highest BCUT2D eigenvalue weighted by molar-refractivity contribution is 7.16. The summed E-state index contributed by atoms with van der Waals surface area (Å²) in [5.41, 5.74) is 1.16. The molecule has 0 spiro atoms. The second-order valence-corrected chi connectivity index (χ2v) is 6.03. The van der Waals surface area contributed by atoms with E-state index in [2.05, 4.69) is 27.5 Å². The van der Waals surface area contributed by atoms with Gasteiger partial charge >= 0.3 is 0 Å². The Bertz CT molecular complexity index is 754. The van der Waals surface area contributed by atoms with Crippen LogP contribution in [-0.2, 0) is 0 Å². The molecule has 0 fully saturated rings. The minimum absolute atomic E-state index is 0.130. The molecule has 1 unspecified atom stereocenters. The van der Waals surface area contributed by atoms with Crippen LogP contribution in [0.25, 0.3) is 10.2 Å². The molecule has 0 bridgehead atoms. The summed E-state index contributed by atoms with van der Waals surface area (Å²) in [6, 6.07) is 10.00. The van der Waals surface area contributed by atoms with Crippen molar-refractivity contribution in [3.05, 3.63) is 46.3 Å². The Kier molecular flexibility index (Phi) is 3.94. The van der Waals surface area contributed by atoms with Crippen LogP contribution < -0.4 is 10.6 Å². The molecule has 0 aliphatic carbocycles. The normalized spacial score (nSPS) is 12.3. The number of rotatable bonds is 4. The maximum atomic E-state index is 5.93. The molecule has 1 aromatic carbocycles. The van der Waals surface area contributed by atoms with E-state index in [9.17, 15) is 0 Å². The molecule has 0 aliphatic heterocycles. The van der Waals surface area contributed by atoms with E-state index < -0.39 is 0 Å². The Balaban J connectivity index is 1.93. The quantitative estimate of drug-likeness (QED) is 0.740. The smallest absolute Gasteiger partial charge is 0.225 e. The highest BCUT2D eigenvalue weighted by atomic mass is 35.5. The second-order valence-electron chi connectivity index (χ2n) is 4.70. The number of nitrogens with one attached hydrogen (secondary N) is 2. The van der Waals surface area contributed by atoms with Crippen LogP contribution in [0.15, 0.2) is 35.7 Å². The maximum Gasteiger partial charge on any atom is 0.225 e. The molecule has 0 saturated heterocycles. The van der Waals surface area contributed by atoms with Crippen molar-refractivity contribution in [2.45, 2.75) is 13.0 Å². The van der Waals surface area contributed by atoms with Crippen LogP contribution in [-0.4, -0.2) is 17.0 Å². The van der Waals surface area contributed by atoms with E-state index in [0.29, 0.717) is 5.95 Å². The number of halogens is 1. The fourth-order valence-corrected chi connectivity index (χ4v) is 3.01. The van der Waals surface area contributed by atoms with E-state index in [4.69, 9.17) is 11.6 Å². The number of benzene rings is 1. The zero-order valence-corrected chi connectivity index (χ0v) is 13.3. The van der Waals surface area contributed by atoms with Crippen molar-refractivity contribution < 1.29 is 0 Å². The molecule has 6 heteroatoms. The number of nitrogens with zero attached hydrogens (tertiary/aromatic N) is 2. The maximum absolute atomic E-state index is 5.93. The minimum Gasteiger partial charge on any atom is -0.363 e. The molecule has 2 heterocycles. The van der Waals surface area contributed by atoms with Crippen LogP contribution in [0.4, 0.5) is 11.8 Å². The summed E-state index contributed by atoms with van der Waals surface area (Å²) in [7, 11) is 1.82. The average Bonchev–Trinajstić information content (AvgIpc) is 2.96. The molecule has 4 nitrogen and oxygen atoms in total. The third-order valence-corrected chi connectivity index (χ3v) is 4.33. The fraction of sp³-hybridized carbons (Fsp3) is 0.200. The summed E-state index contributed by atoms with van der Waals surface area (Å²) in [6.07, 6.45) is 0. The van der Waals surface area contributed by atoms with Gasteiger partial charge in [-0.1, -0.05) is 23.7 Å². The molecule has 1 atom stereocenters. The monoisotopic (exact) mass is 318 g/mol. The number of hydrogen-bond donors (Lipinski definition) is 2. The Labute approximate surface area is 132 Å². The molecule has 0 amide bonds. The summed E-state index contributed by atoms with van der Waals surface area (Å²) >= 11 is 7.54. The molecule has 3 rings (SSSR count). The van der Waals surface area contributed by atoms with Gasteiger partial charge in [0, 0.05) is 18.1 Å². The van der Waals surface area contributed by atoms with Gasteiger partial charge in [0.1, 0.15) is 10.6 Å². The number of fused-ring (bicyclic) bond motifs is 1. The molecular formula is C15H15ClN4S. The summed E-state index contributed by atoms with van der Waals surface area (Å²) in [5, 5.41) is 10.3. The zero-order chi connectivity index (χ0) is 14.8. The summed E-state index contributed by atoms with van der Waals surface area (Å²) in [6.45, 7) is 2.10. The van der Waals surface area contributed by atoms with E-state index in [1.165, 1.54) is 0 Å². The van der Waals surface area contributed by atoms with Crippen LogP contribution >= 0.6 is 22.9 Å². The van der Waals surface area contributed by atoms with E-state index in [-0.39, 0.29) is 6.04 Å². The van der Waals surface area contributed by atoms with Gasteiger partial charge in [-0.25, -0.2) is 4.98 Å². The van der Waals surface area contributed by atoms with Crippen molar-refractivity contribution in [1.82, 2.24) is 9.97 Å². The fourth-order valence-electron chi connectivity index (χ4n) is 2.12. The van der Waals surface area contributed by atoms with Gasteiger partial charge in [-0.05, 0) is 36.1 Å². The van der Waals surface area contributed by atoms with Gasteiger partial charge in [0.25, 0.3) is 0 Å². The van der Waals surface area contributed by atoms with Gasteiger partial charge in [0.05, 0.1) is 5.39 Å². The standard InChI is InChI=1S/C15H15ClN4S/c1-9(10-3-5-11(16)6-4-10)18-13-12-7-8-21-14(12)20-15(17-2)19-13/h3-9H,1-2H3,(H2,17,18,19,20). The van der Waals surface area contributed by atoms with Crippen LogP contribution in [0.1, 0.15) is 18.5 Å². The molecule has 0 aliphatic rings. The zero-order valence-electron chi connectivity index (χ0n) is 11.7. The third kappa shape index (κ3) is 2.94. The Hall–Kier alpha value is -1.85. The first-order valence-corrected chi connectivity index (χ1v) is 7.88. The van der Waals surface area contributed by atoms with Gasteiger partial charge in [0.2, 0.25) is 5.95 Å². The van der Waals surface area contributed by atoms with Crippen molar-refractivity contribution >= 4 is 44.9 Å². The number of hydrogen-bond acceptors (Lipinski definition) is 5. The molecule has 21 heavy (non-hydrogen) atoms. The highest BCUT2D eigenvalue weighted by Crippen LogP contribution is 2.29. The SMILES string of the molecule is CNc1nc(NC(C)c2ccc(Cl)cc2)c2ccsc2n1. The molecule has 2 N–H and O–H groups in total. The lowest BCUT2D eigenvalue weighted by Crippen LogP contribution is -2.09. The number of anilines is 2. The van der Waals surface area contributed by atoms with E-state index >= 15 is 0 Å². The summed E-state index contributed by atoms with van der Waals surface area (Å²) < 4.78 is 0. The highest BCUT2D eigenvalue weighted by Gasteiger charge is 2.12. The van der Waals surface area contributed by atoms with Gasteiger partial charge in [-0.3, -0.25) is 0 Å². The van der Waals surface area contributed by atoms with Crippen LogP contribution in [0.5, 0.6) is 0 Å². The molecule has 0 saturated carbocycles. The van der Waals surface area contributed by atoms with Crippen molar-refractivity contribution in [3.63, 3.8) is 0 Å². The van der Waals surface area contributed by atoms with Crippen LogP contribution in [0.2, 0.25) is 5.02 Å². The topological polar surface area (TPSA) is 49.8 Å². The molecule has 108 valence electrons. The van der Waals surface area contributed by atoms with Gasteiger partial charge in [-0.2, -0.15) is 4.98 Å². The minimum atomic E-state index is 0.130. The molecule has 3 aromatic rings. The summed E-state index contributed by atoms with van der Waals surface area (Å²) in [4.78, 5) is 9.94. The van der Waals surface area contributed by atoms with E-state index in [1.807, 2.05) is 42.8 Å². The van der Waals surface area contributed by atoms with Crippen molar-refractivity contribution in [1.29, 1.82) is 0 Å². The lowest BCUT2D eigenvalue weighted by molar-refractivity contribution is 0.876. The van der Waals surface area contributed by atoms with Gasteiger partial charge in [0.15, 0.2) is 0 Å². The van der Waals surface area contributed by atoms with Gasteiger partial charge < -0.3 is 10.6 Å². The molecular weight excluding hydrogens is 304 g/mol. The van der Waals surface area contributed by atoms with E-state index in [1.54, 1.807) is 11.3 Å². The summed E-state index contributed by atoms with van der Waals surface area (Å²) in [5.74, 6) is 1.46. The lowest BCUT2D eigenvalue weighted by Gasteiger charge is -2.16. The van der Waals surface area contributed by atoms with Crippen molar-refractivity contribution in [2.24, 2.45) is 0 Å². The first-order chi connectivity index (χ1) is 10.2. The van der Waals surface area contributed by atoms with Gasteiger partial charge in [-0.15, -0.1) is 11.3 Å². The Morgan fingerprint density at radius 1 is 1.14 bits per heavy atom. The lowest BCUT2D eigenvalue weighted by atomic mass is 10.1. The third-order valence-electron chi connectivity index (χ3n) is 3.27. The first-order valence-electron chi connectivity index (χ1n) is 6.62. The van der Waals surface area contributed by atoms with Crippen LogP contribution in [0.3, 0.4) is 0 Å². The largest absolute Gasteiger partial charge is 0.363 e. The second kappa shape index (κ2) is 5.87. The first kappa shape index (κ1) is 14.1. The molecule has 2 aromatic heterocycles. The van der Waals surface area contributed by atoms with E-state index in [0.717, 1.165) is 26.6 Å². The Morgan fingerprint density at radius 3 is 2.62 bits per heavy atom. The predicted molar refractivity (Wildman–Crippen MR) is 90.5 cm³/mol. The molecule has 0 radical (unpaired) electrons. The number of aromatic nitrogens is 2. The van der Waals surface area contributed by atoms with Crippen molar-refractivity contribution in [2.75, 3.05) is 17.7 Å². The average molecular weight is 319 g/mol. The van der Waals surface area contributed by atoms with Crippen molar-refractivity contribution in [3.8, 4) is 0 Å². The van der Waals surface area contributed by atoms with Crippen LogP contribution in [0, 0.1) is 0 Å². The Morgan fingerprint density at radius 2 is 1.90 bits per heavy atom. The predicted octanol–water partition coefficient (Wildman–Crippen LogP) is 4.56. The number of thiophene rings is 1.